The Labute approximate surface area is 146 Å². The number of pyridine rings is 1. The van der Waals surface area contributed by atoms with Crippen molar-refractivity contribution in [1.29, 1.82) is 0 Å². The van der Waals surface area contributed by atoms with Gasteiger partial charge in [-0.2, -0.15) is 0 Å². The first-order chi connectivity index (χ1) is 11.7. The lowest BCUT2D eigenvalue weighted by Gasteiger charge is -2.17. The first-order valence-electron chi connectivity index (χ1n) is 8.19. The molecule has 1 aliphatic rings. The predicted molar refractivity (Wildman–Crippen MR) is 99.8 cm³/mol. The van der Waals surface area contributed by atoms with Gasteiger partial charge < -0.3 is 10.1 Å². The van der Waals surface area contributed by atoms with Crippen LogP contribution >= 0.6 is 11.6 Å². The number of nitrogens with zero attached hydrogens (tertiary/aromatic N) is 1. The van der Waals surface area contributed by atoms with Gasteiger partial charge in [0.05, 0.1) is 24.0 Å². The molecular formula is C20H19ClN2O. The molecule has 3 nitrogen and oxygen atoms in total. The van der Waals surface area contributed by atoms with E-state index in [1.165, 1.54) is 11.3 Å². The molecule has 0 spiro atoms. The summed E-state index contributed by atoms with van der Waals surface area (Å²) in [5.74, 6) is 0.748. The molecule has 1 N–H and O–H groups in total. The van der Waals surface area contributed by atoms with E-state index >= 15 is 0 Å². The molecule has 0 saturated carbocycles. The second-order valence-electron chi connectivity index (χ2n) is 6.21. The molecule has 4 rings (SSSR count). The number of nitrogens with one attached hydrogen (secondary N) is 1. The van der Waals surface area contributed by atoms with E-state index in [2.05, 4.69) is 23.5 Å². The molecule has 24 heavy (non-hydrogen) atoms. The van der Waals surface area contributed by atoms with Crippen LogP contribution < -0.4 is 10.1 Å². The van der Waals surface area contributed by atoms with Crippen LogP contribution in [0.15, 0.2) is 36.4 Å². The molecule has 0 radical (unpaired) electrons. The van der Waals surface area contributed by atoms with Gasteiger partial charge in [-0.25, -0.2) is 0 Å². The third kappa shape index (κ3) is 2.49. The second-order valence-corrected chi connectivity index (χ2v) is 6.62. The van der Waals surface area contributed by atoms with Crippen LogP contribution in [0.25, 0.3) is 10.9 Å². The summed E-state index contributed by atoms with van der Waals surface area (Å²) in [6.45, 7) is 2.00. The Morgan fingerprint density at radius 1 is 1.17 bits per heavy atom. The van der Waals surface area contributed by atoms with Crippen LogP contribution in [0.3, 0.4) is 0 Å². The molecular weight excluding hydrogens is 320 g/mol. The minimum absolute atomic E-state index is 0.710. The molecule has 0 aliphatic heterocycles. The van der Waals surface area contributed by atoms with Gasteiger partial charge in [0.1, 0.15) is 5.75 Å². The van der Waals surface area contributed by atoms with Crippen molar-refractivity contribution < 1.29 is 4.74 Å². The number of hydrogen-bond donors (Lipinski definition) is 1. The van der Waals surface area contributed by atoms with E-state index in [1.807, 2.05) is 25.1 Å². The summed E-state index contributed by atoms with van der Waals surface area (Å²) in [6, 6.07) is 12.2. The van der Waals surface area contributed by atoms with Gasteiger partial charge in [-0.05, 0) is 49.4 Å². The quantitative estimate of drug-likeness (QED) is 0.690. The first kappa shape index (κ1) is 15.3. The van der Waals surface area contributed by atoms with E-state index < -0.39 is 0 Å². The van der Waals surface area contributed by atoms with Gasteiger partial charge in [-0.3, -0.25) is 4.98 Å². The minimum atomic E-state index is 0.710. The van der Waals surface area contributed by atoms with Gasteiger partial charge >= 0.3 is 0 Å². The number of benzene rings is 2. The molecule has 0 amide bonds. The highest BCUT2D eigenvalue weighted by Crippen LogP contribution is 2.39. The van der Waals surface area contributed by atoms with Crippen LogP contribution in [-0.2, 0) is 12.8 Å². The van der Waals surface area contributed by atoms with Crippen molar-refractivity contribution >= 4 is 33.9 Å². The molecule has 1 aromatic heterocycles. The number of para-hydroxylation sites is 1. The molecule has 1 aliphatic carbocycles. The maximum Gasteiger partial charge on any atom is 0.143 e. The van der Waals surface area contributed by atoms with Crippen molar-refractivity contribution in [1.82, 2.24) is 4.98 Å². The lowest BCUT2D eigenvalue weighted by atomic mass is 10.1. The van der Waals surface area contributed by atoms with Crippen LogP contribution in [0.5, 0.6) is 5.75 Å². The Bertz CT molecular complexity index is 937. The standard InChI is InChI=1S/C20H19ClN2O/c1-12-10-18(19(24-2)11-15(12)21)23-20-13-6-3-4-8-16(13)22-17-9-5-7-14(17)20/h3-4,6,8,10-11H,5,7,9H2,1-2H3,(H,22,23). The maximum absolute atomic E-state index is 6.24. The van der Waals surface area contributed by atoms with Crippen LogP contribution in [0, 0.1) is 6.92 Å². The average molecular weight is 339 g/mol. The van der Waals surface area contributed by atoms with Gasteiger partial charge in [-0.15, -0.1) is 0 Å². The normalized spacial score (nSPS) is 13.1. The fourth-order valence-corrected chi connectivity index (χ4v) is 3.57. The highest BCUT2D eigenvalue weighted by Gasteiger charge is 2.20. The number of anilines is 2. The highest BCUT2D eigenvalue weighted by molar-refractivity contribution is 6.31. The molecule has 2 aromatic carbocycles. The Balaban J connectivity index is 1.90. The first-order valence-corrected chi connectivity index (χ1v) is 8.57. The fraction of sp³-hybridized carbons (Fsp3) is 0.250. The number of ether oxygens (including phenoxy) is 1. The zero-order valence-corrected chi connectivity index (χ0v) is 14.6. The monoisotopic (exact) mass is 338 g/mol. The molecule has 1 heterocycles. The van der Waals surface area contributed by atoms with Gasteiger partial charge in [-0.1, -0.05) is 29.8 Å². The Kier molecular flexibility index (Phi) is 3.81. The summed E-state index contributed by atoms with van der Waals surface area (Å²) in [6.07, 6.45) is 3.26. The zero-order chi connectivity index (χ0) is 16.7. The molecule has 3 aromatic rings. The van der Waals surface area contributed by atoms with E-state index in [0.717, 1.165) is 52.9 Å². The number of aryl methyl sites for hydroxylation is 2. The molecule has 4 heteroatoms. The van der Waals surface area contributed by atoms with Gasteiger partial charge in [0.2, 0.25) is 0 Å². The number of methoxy groups -OCH3 is 1. The van der Waals surface area contributed by atoms with E-state index in [0.29, 0.717) is 5.02 Å². The van der Waals surface area contributed by atoms with Crippen molar-refractivity contribution in [2.75, 3.05) is 12.4 Å². The largest absolute Gasteiger partial charge is 0.495 e. The Morgan fingerprint density at radius 2 is 2.00 bits per heavy atom. The molecule has 0 fully saturated rings. The zero-order valence-electron chi connectivity index (χ0n) is 13.8. The fourth-order valence-electron chi connectivity index (χ4n) is 3.42. The molecule has 0 atom stereocenters. The third-order valence-electron chi connectivity index (χ3n) is 4.66. The highest BCUT2D eigenvalue weighted by atomic mass is 35.5. The minimum Gasteiger partial charge on any atom is -0.495 e. The SMILES string of the molecule is COc1cc(Cl)c(C)cc1Nc1c2c(nc3ccccc13)CCC2. The topological polar surface area (TPSA) is 34.1 Å². The number of halogens is 1. The van der Waals surface area contributed by atoms with Crippen LogP contribution in [-0.4, -0.2) is 12.1 Å². The smallest absolute Gasteiger partial charge is 0.143 e. The molecule has 0 unspecified atom stereocenters. The van der Waals surface area contributed by atoms with Crippen molar-refractivity contribution in [3.8, 4) is 5.75 Å². The van der Waals surface area contributed by atoms with E-state index in [9.17, 15) is 0 Å². The lowest BCUT2D eigenvalue weighted by Crippen LogP contribution is -2.02. The summed E-state index contributed by atoms with van der Waals surface area (Å²) in [4.78, 5) is 4.84. The Hall–Kier alpha value is -2.26. The summed E-state index contributed by atoms with van der Waals surface area (Å²) in [5, 5.41) is 5.47. The molecule has 0 bridgehead atoms. The van der Waals surface area contributed by atoms with Gasteiger partial charge in [0, 0.05) is 22.2 Å². The van der Waals surface area contributed by atoms with Crippen molar-refractivity contribution in [3.63, 3.8) is 0 Å². The van der Waals surface area contributed by atoms with Crippen molar-refractivity contribution in [2.45, 2.75) is 26.2 Å². The number of aromatic nitrogens is 1. The van der Waals surface area contributed by atoms with Gasteiger partial charge in [0.25, 0.3) is 0 Å². The van der Waals surface area contributed by atoms with Crippen molar-refractivity contribution in [2.24, 2.45) is 0 Å². The van der Waals surface area contributed by atoms with Crippen LogP contribution in [0.1, 0.15) is 23.2 Å². The van der Waals surface area contributed by atoms with Crippen molar-refractivity contribution in [3.05, 3.63) is 58.2 Å². The van der Waals surface area contributed by atoms with Crippen LogP contribution in [0.2, 0.25) is 5.02 Å². The molecule has 122 valence electrons. The number of fused-ring (bicyclic) bond motifs is 2. The summed E-state index contributed by atoms with van der Waals surface area (Å²) in [7, 11) is 1.67. The lowest BCUT2D eigenvalue weighted by molar-refractivity contribution is 0.417. The van der Waals surface area contributed by atoms with E-state index in [1.54, 1.807) is 7.11 Å². The predicted octanol–water partition coefficient (Wildman–Crippen LogP) is 5.44. The second kappa shape index (κ2) is 5.99. The number of hydrogen-bond acceptors (Lipinski definition) is 3. The Morgan fingerprint density at radius 3 is 2.83 bits per heavy atom. The van der Waals surface area contributed by atoms with Crippen LogP contribution in [0.4, 0.5) is 11.4 Å². The van der Waals surface area contributed by atoms with E-state index in [-0.39, 0.29) is 0 Å². The summed E-state index contributed by atoms with van der Waals surface area (Å²) >= 11 is 6.24. The van der Waals surface area contributed by atoms with E-state index in [4.69, 9.17) is 21.3 Å². The summed E-state index contributed by atoms with van der Waals surface area (Å²) in [5.41, 5.74) is 6.67. The van der Waals surface area contributed by atoms with Gasteiger partial charge in [0.15, 0.2) is 0 Å². The average Bonchev–Trinajstić information content (AvgIpc) is 3.05. The maximum atomic E-state index is 6.24. The third-order valence-corrected chi connectivity index (χ3v) is 5.07. The summed E-state index contributed by atoms with van der Waals surface area (Å²) < 4.78 is 5.52. The molecule has 0 saturated heterocycles. The number of rotatable bonds is 3.